The first kappa shape index (κ1) is 23.3. The summed E-state index contributed by atoms with van der Waals surface area (Å²) in [6, 6.07) is 20.3. The molecule has 3 aromatic carbocycles. The van der Waals surface area contributed by atoms with Gasteiger partial charge in [-0.15, -0.1) is 0 Å². The number of nitrogens with zero attached hydrogens (tertiary/aromatic N) is 1. The highest BCUT2D eigenvalue weighted by atomic mass is 32.2. The van der Waals surface area contributed by atoms with Crippen LogP contribution in [0.25, 0.3) is 6.08 Å². The van der Waals surface area contributed by atoms with Crippen molar-refractivity contribution in [2.45, 2.75) is 13.5 Å². The van der Waals surface area contributed by atoms with Crippen LogP contribution in [0.4, 0.5) is 14.9 Å². The maximum Gasteiger partial charge on any atom is 0.293 e. The summed E-state index contributed by atoms with van der Waals surface area (Å²) in [7, 11) is 0. The second-order valence-corrected chi connectivity index (χ2v) is 8.63. The van der Waals surface area contributed by atoms with Gasteiger partial charge in [-0.2, -0.15) is 0 Å². The highest BCUT2D eigenvalue weighted by Gasteiger charge is 2.35. The Morgan fingerprint density at radius 1 is 1.06 bits per heavy atom. The van der Waals surface area contributed by atoms with Crippen LogP contribution in [0.2, 0.25) is 0 Å². The number of aryl methyl sites for hydroxylation is 1. The van der Waals surface area contributed by atoms with E-state index in [1.807, 2.05) is 31.2 Å². The molecule has 34 heavy (non-hydrogen) atoms. The van der Waals surface area contributed by atoms with Crippen LogP contribution in [0, 0.1) is 12.7 Å². The molecule has 3 amide bonds. The van der Waals surface area contributed by atoms with E-state index in [1.54, 1.807) is 42.5 Å². The number of amides is 3. The van der Waals surface area contributed by atoms with Crippen molar-refractivity contribution in [1.82, 2.24) is 4.90 Å². The van der Waals surface area contributed by atoms with Gasteiger partial charge in [-0.1, -0.05) is 48.0 Å². The molecule has 0 atom stereocenters. The van der Waals surface area contributed by atoms with E-state index in [0.717, 1.165) is 22.2 Å². The van der Waals surface area contributed by atoms with Gasteiger partial charge in [0, 0.05) is 11.3 Å². The van der Waals surface area contributed by atoms with Crippen LogP contribution in [0.15, 0.2) is 77.7 Å². The molecule has 6 nitrogen and oxygen atoms in total. The van der Waals surface area contributed by atoms with Crippen molar-refractivity contribution < 1.29 is 23.5 Å². The zero-order chi connectivity index (χ0) is 24.1. The molecule has 1 fully saturated rings. The first-order valence-electron chi connectivity index (χ1n) is 10.5. The number of carbonyl (C=O) groups is 3. The lowest BCUT2D eigenvalue weighted by molar-refractivity contribution is -0.123. The Morgan fingerprint density at radius 3 is 2.59 bits per heavy atom. The average Bonchev–Trinajstić information content (AvgIpc) is 3.08. The maximum absolute atomic E-state index is 13.9. The van der Waals surface area contributed by atoms with Gasteiger partial charge in [0.2, 0.25) is 0 Å². The molecule has 3 aromatic rings. The van der Waals surface area contributed by atoms with Gasteiger partial charge in [0.15, 0.2) is 6.61 Å². The van der Waals surface area contributed by atoms with Gasteiger partial charge in [-0.3, -0.25) is 19.3 Å². The Kier molecular flexibility index (Phi) is 7.08. The summed E-state index contributed by atoms with van der Waals surface area (Å²) >= 11 is 0.799. The van der Waals surface area contributed by atoms with Crippen LogP contribution in [0.1, 0.15) is 16.7 Å². The largest absolute Gasteiger partial charge is 0.484 e. The zero-order valence-corrected chi connectivity index (χ0v) is 19.1. The number of thioether (sulfide) groups is 1. The molecular weight excluding hydrogens is 455 g/mol. The van der Waals surface area contributed by atoms with Gasteiger partial charge < -0.3 is 10.1 Å². The molecule has 8 heteroatoms. The SMILES string of the molecule is Cc1ccc(NC(=O)COc2cccc(/C=C3\SC(=O)N(Cc4ccccc4F)C3=O)c2)cc1. The lowest BCUT2D eigenvalue weighted by Gasteiger charge is -2.12. The number of carbonyl (C=O) groups excluding carboxylic acids is 3. The minimum Gasteiger partial charge on any atom is -0.484 e. The lowest BCUT2D eigenvalue weighted by Crippen LogP contribution is -2.27. The summed E-state index contributed by atoms with van der Waals surface area (Å²) in [5.74, 6) is -0.814. The van der Waals surface area contributed by atoms with Gasteiger partial charge in [0.05, 0.1) is 11.4 Å². The standard InChI is InChI=1S/C26H21FN2O4S/c1-17-9-11-20(12-10-17)28-24(30)16-33-21-7-4-5-18(13-21)14-23-25(31)29(26(32)34-23)15-19-6-2-3-8-22(19)27/h2-14H,15-16H2,1H3,(H,28,30)/b23-14-. The number of hydrogen-bond acceptors (Lipinski definition) is 5. The first-order chi connectivity index (χ1) is 16.4. The van der Waals surface area contributed by atoms with Crippen LogP contribution >= 0.6 is 11.8 Å². The molecular formula is C26H21FN2O4S. The highest BCUT2D eigenvalue weighted by molar-refractivity contribution is 8.18. The van der Waals surface area contributed by atoms with Crippen LogP contribution in [0.5, 0.6) is 5.75 Å². The van der Waals surface area contributed by atoms with Crippen molar-refractivity contribution in [3.05, 3.63) is 100 Å². The predicted octanol–water partition coefficient (Wildman–Crippen LogP) is 5.39. The second-order valence-electron chi connectivity index (χ2n) is 7.63. The molecule has 1 heterocycles. The maximum atomic E-state index is 13.9. The zero-order valence-electron chi connectivity index (χ0n) is 18.3. The lowest BCUT2D eigenvalue weighted by atomic mass is 10.2. The molecule has 1 aliphatic heterocycles. The van der Waals surface area contributed by atoms with Crippen molar-refractivity contribution in [2.24, 2.45) is 0 Å². The van der Waals surface area contributed by atoms with Gasteiger partial charge in [0.25, 0.3) is 17.1 Å². The summed E-state index contributed by atoms with van der Waals surface area (Å²) < 4.78 is 19.5. The first-order valence-corrected chi connectivity index (χ1v) is 11.3. The summed E-state index contributed by atoms with van der Waals surface area (Å²) in [5, 5.41) is 2.30. The number of ether oxygens (including phenoxy) is 1. The van der Waals surface area contributed by atoms with Crippen molar-refractivity contribution in [3.63, 3.8) is 0 Å². The number of anilines is 1. The summed E-state index contributed by atoms with van der Waals surface area (Å²) in [6.07, 6.45) is 1.57. The molecule has 0 radical (unpaired) electrons. The summed E-state index contributed by atoms with van der Waals surface area (Å²) in [5.41, 5.74) is 2.67. The quantitative estimate of drug-likeness (QED) is 0.463. The molecule has 1 N–H and O–H groups in total. The second kappa shape index (κ2) is 10.4. The smallest absolute Gasteiger partial charge is 0.293 e. The van der Waals surface area contributed by atoms with Crippen molar-refractivity contribution in [3.8, 4) is 5.75 Å². The van der Waals surface area contributed by atoms with Crippen molar-refractivity contribution >= 4 is 40.6 Å². The van der Waals surface area contributed by atoms with Gasteiger partial charge >= 0.3 is 0 Å². The Balaban J connectivity index is 1.39. The van der Waals surface area contributed by atoms with Crippen LogP contribution in [-0.4, -0.2) is 28.6 Å². The van der Waals surface area contributed by atoms with E-state index >= 15 is 0 Å². The Bertz CT molecular complexity index is 1270. The number of halogens is 1. The fourth-order valence-electron chi connectivity index (χ4n) is 3.26. The van der Waals surface area contributed by atoms with E-state index < -0.39 is 17.0 Å². The molecule has 4 rings (SSSR count). The Hall–Kier alpha value is -3.91. The predicted molar refractivity (Wildman–Crippen MR) is 130 cm³/mol. The number of benzene rings is 3. The molecule has 0 aromatic heterocycles. The van der Waals surface area contributed by atoms with E-state index in [9.17, 15) is 18.8 Å². The fraction of sp³-hybridized carbons (Fsp3) is 0.115. The third-order valence-corrected chi connectivity index (χ3v) is 5.93. The van der Waals surface area contributed by atoms with Crippen LogP contribution < -0.4 is 10.1 Å². The Morgan fingerprint density at radius 2 is 1.82 bits per heavy atom. The molecule has 0 saturated carbocycles. The number of imide groups is 1. The molecule has 1 aliphatic rings. The van der Waals surface area contributed by atoms with Crippen molar-refractivity contribution in [1.29, 1.82) is 0 Å². The number of hydrogen-bond donors (Lipinski definition) is 1. The number of nitrogens with one attached hydrogen (secondary N) is 1. The molecule has 0 unspecified atom stereocenters. The normalized spacial score (nSPS) is 14.5. The molecule has 172 valence electrons. The summed E-state index contributed by atoms with van der Waals surface area (Å²) in [4.78, 5) is 38.5. The van der Waals surface area contributed by atoms with E-state index in [-0.39, 0.29) is 29.5 Å². The third kappa shape index (κ3) is 5.71. The van der Waals surface area contributed by atoms with E-state index in [2.05, 4.69) is 5.32 Å². The monoisotopic (exact) mass is 476 g/mol. The minimum absolute atomic E-state index is 0.131. The van der Waals surface area contributed by atoms with Crippen LogP contribution in [0.3, 0.4) is 0 Å². The van der Waals surface area contributed by atoms with Gasteiger partial charge in [-0.25, -0.2) is 4.39 Å². The topological polar surface area (TPSA) is 75.7 Å². The van der Waals surface area contributed by atoms with E-state index in [4.69, 9.17) is 4.74 Å². The van der Waals surface area contributed by atoms with Crippen LogP contribution in [-0.2, 0) is 16.1 Å². The van der Waals surface area contributed by atoms with Gasteiger partial charge in [-0.05, 0) is 60.7 Å². The number of rotatable bonds is 7. The minimum atomic E-state index is -0.484. The molecule has 0 aliphatic carbocycles. The third-order valence-electron chi connectivity index (χ3n) is 5.02. The highest BCUT2D eigenvalue weighted by Crippen LogP contribution is 2.34. The summed E-state index contributed by atoms with van der Waals surface area (Å²) in [6.45, 7) is 1.65. The molecule has 0 spiro atoms. The Labute approximate surface area is 200 Å². The van der Waals surface area contributed by atoms with Gasteiger partial charge in [0.1, 0.15) is 11.6 Å². The van der Waals surface area contributed by atoms with E-state index in [1.165, 1.54) is 12.1 Å². The fourth-order valence-corrected chi connectivity index (χ4v) is 4.10. The molecule has 0 bridgehead atoms. The molecule has 1 saturated heterocycles. The van der Waals surface area contributed by atoms with Crippen molar-refractivity contribution in [2.75, 3.05) is 11.9 Å². The van der Waals surface area contributed by atoms with E-state index in [0.29, 0.717) is 17.0 Å². The average molecular weight is 477 g/mol.